The van der Waals surface area contributed by atoms with Crippen LogP contribution in [0.1, 0.15) is 11.4 Å². The first-order valence-corrected chi connectivity index (χ1v) is 6.86. The molecule has 0 radical (unpaired) electrons. The number of hydrogen-bond donors (Lipinski definition) is 1. The molecule has 20 heavy (non-hydrogen) atoms. The second-order valence-electron chi connectivity index (χ2n) is 4.41. The van der Waals surface area contributed by atoms with Gasteiger partial charge in [-0.25, -0.2) is 4.98 Å². The van der Waals surface area contributed by atoms with Gasteiger partial charge in [0, 0.05) is 24.4 Å². The van der Waals surface area contributed by atoms with Gasteiger partial charge in [-0.15, -0.1) is 0 Å². The van der Waals surface area contributed by atoms with Gasteiger partial charge in [0.2, 0.25) is 0 Å². The minimum atomic E-state index is 0.535. The van der Waals surface area contributed by atoms with Gasteiger partial charge in [-0.2, -0.15) is 0 Å². The molecule has 0 saturated carbocycles. The van der Waals surface area contributed by atoms with Crippen LogP contribution in [0.25, 0.3) is 11.3 Å². The van der Waals surface area contributed by atoms with Crippen molar-refractivity contribution in [3.8, 4) is 11.3 Å². The third-order valence-electron chi connectivity index (χ3n) is 2.95. The Hall–Kier alpha value is -1.84. The zero-order valence-corrected chi connectivity index (χ0v) is 12.0. The van der Waals surface area contributed by atoms with Crippen LogP contribution in [0.15, 0.2) is 48.9 Å². The molecule has 0 atom stereocenters. The number of nitrogens with zero attached hydrogens (tertiary/aromatic N) is 2. The minimum Gasteiger partial charge on any atom is -0.342 e. The van der Waals surface area contributed by atoms with E-state index in [1.54, 1.807) is 18.5 Å². The Bertz CT molecular complexity index is 723. The fourth-order valence-corrected chi connectivity index (χ4v) is 2.26. The van der Waals surface area contributed by atoms with Gasteiger partial charge >= 0.3 is 0 Å². The molecule has 2 aromatic heterocycles. The van der Waals surface area contributed by atoms with Gasteiger partial charge < -0.3 is 4.98 Å². The van der Waals surface area contributed by atoms with Crippen molar-refractivity contribution >= 4 is 23.2 Å². The number of nitrogens with one attached hydrogen (secondary N) is 1. The van der Waals surface area contributed by atoms with Gasteiger partial charge in [0.05, 0.1) is 21.9 Å². The van der Waals surface area contributed by atoms with Crippen LogP contribution in [0.2, 0.25) is 10.0 Å². The van der Waals surface area contributed by atoms with Crippen molar-refractivity contribution in [2.75, 3.05) is 0 Å². The van der Waals surface area contributed by atoms with Crippen molar-refractivity contribution in [3.05, 3.63) is 70.4 Å². The molecule has 0 amide bonds. The molecule has 0 bridgehead atoms. The van der Waals surface area contributed by atoms with E-state index in [-0.39, 0.29) is 0 Å². The third kappa shape index (κ3) is 2.84. The molecular weight excluding hydrogens is 293 g/mol. The number of halogens is 2. The third-order valence-corrected chi connectivity index (χ3v) is 3.69. The van der Waals surface area contributed by atoms with E-state index >= 15 is 0 Å². The number of aromatic nitrogens is 3. The van der Waals surface area contributed by atoms with Crippen LogP contribution in [0.5, 0.6) is 0 Å². The highest BCUT2D eigenvalue weighted by atomic mass is 35.5. The van der Waals surface area contributed by atoms with E-state index in [1.807, 2.05) is 30.5 Å². The van der Waals surface area contributed by atoms with Crippen LogP contribution < -0.4 is 0 Å². The SMILES string of the molecule is Clc1ccc(-c2cnc(Cc3cccnc3)[nH]2)cc1Cl. The van der Waals surface area contributed by atoms with Crippen molar-refractivity contribution in [3.63, 3.8) is 0 Å². The second-order valence-corrected chi connectivity index (χ2v) is 5.22. The molecular formula is C15H11Cl2N3. The number of hydrogen-bond acceptors (Lipinski definition) is 2. The number of benzene rings is 1. The summed E-state index contributed by atoms with van der Waals surface area (Å²) in [6, 6.07) is 9.45. The Kier molecular flexibility index (Phi) is 3.72. The van der Waals surface area contributed by atoms with Gasteiger partial charge in [0.15, 0.2) is 0 Å². The predicted molar refractivity (Wildman–Crippen MR) is 81.1 cm³/mol. The predicted octanol–water partition coefficient (Wildman–Crippen LogP) is 4.37. The Morgan fingerprint density at radius 2 is 1.95 bits per heavy atom. The fourth-order valence-electron chi connectivity index (χ4n) is 1.96. The molecule has 1 aromatic carbocycles. The smallest absolute Gasteiger partial charge is 0.110 e. The van der Waals surface area contributed by atoms with E-state index in [2.05, 4.69) is 15.0 Å². The minimum absolute atomic E-state index is 0.535. The van der Waals surface area contributed by atoms with Gasteiger partial charge in [-0.05, 0) is 23.8 Å². The summed E-state index contributed by atoms with van der Waals surface area (Å²) in [6.07, 6.45) is 6.11. The highest BCUT2D eigenvalue weighted by Crippen LogP contribution is 2.27. The van der Waals surface area contributed by atoms with Crippen LogP contribution in [-0.4, -0.2) is 15.0 Å². The molecule has 0 aliphatic heterocycles. The molecule has 3 rings (SSSR count). The summed E-state index contributed by atoms with van der Waals surface area (Å²) in [7, 11) is 0. The van der Waals surface area contributed by atoms with E-state index in [0.717, 1.165) is 29.1 Å². The van der Waals surface area contributed by atoms with E-state index < -0.39 is 0 Å². The van der Waals surface area contributed by atoms with Gasteiger partial charge in [-0.1, -0.05) is 35.3 Å². The summed E-state index contributed by atoms with van der Waals surface area (Å²) in [6.45, 7) is 0. The number of pyridine rings is 1. The molecule has 2 heterocycles. The molecule has 0 fully saturated rings. The topological polar surface area (TPSA) is 41.6 Å². The fraction of sp³-hybridized carbons (Fsp3) is 0.0667. The summed E-state index contributed by atoms with van der Waals surface area (Å²) in [5, 5.41) is 1.08. The first-order valence-electron chi connectivity index (χ1n) is 6.10. The van der Waals surface area contributed by atoms with Crippen molar-refractivity contribution in [2.45, 2.75) is 6.42 Å². The maximum absolute atomic E-state index is 6.03. The summed E-state index contributed by atoms with van der Waals surface area (Å²) in [4.78, 5) is 11.8. The Labute approximate surface area is 126 Å². The van der Waals surface area contributed by atoms with Gasteiger partial charge in [0.1, 0.15) is 5.82 Å². The Morgan fingerprint density at radius 3 is 2.70 bits per heavy atom. The Morgan fingerprint density at radius 1 is 1.05 bits per heavy atom. The second kappa shape index (κ2) is 5.65. The van der Waals surface area contributed by atoms with E-state index in [9.17, 15) is 0 Å². The molecule has 0 spiro atoms. The average molecular weight is 304 g/mol. The molecule has 0 unspecified atom stereocenters. The molecule has 3 nitrogen and oxygen atoms in total. The van der Waals surface area contributed by atoms with E-state index in [0.29, 0.717) is 10.0 Å². The first kappa shape index (κ1) is 13.2. The zero-order valence-electron chi connectivity index (χ0n) is 10.5. The van der Waals surface area contributed by atoms with Crippen LogP contribution in [0, 0.1) is 0 Å². The molecule has 0 aliphatic rings. The lowest BCUT2D eigenvalue weighted by Gasteiger charge is -2.00. The summed E-state index contributed by atoms with van der Waals surface area (Å²) < 4.78 is 0. The van der Waals surface area contributed by atoms with Crippen molar-refractivity contribution in [1.29, 1.82) is 0 Å². The lowest BCUT2D eigenvalue weighted by molar-refractivity contribution is 1.01. The summed E-state index contributed by atoms with van der Waals surface area (Å²) in [5.41, 5.74) is 2.99. The monoisotopic (exact) mass is 303 g/mol. The largest absolute Gasteiger partial charge is 0.342 e. The zero-order chi connectivity index (χ0) is 13.9. The molecule has 5 heteroatoms. The molecule has 3 aromatic rings. The standard InChI is InChI=1S/C15H11Cl2N3/c16-12-4-3-11(7-13(12)17)14-9-19-15(20-14)6-10-2-1-5-18-8-10/h1-5,7-9H,6H2,(H,19,20). The van der Waals surface area contributed by atoms with Crippen LogP contribution in [0.4, 0.5) is 0 Å². The number of rotatable bonds is 3. The number of H-pyrrole nitrogens is 1. The normalized spacial score (nSPS) is 10.7. The Balaban J connectivity index is 1.84. The van der Waals surface area contributed by atoms with E-state index in [1.165, 1.54) is 0 Å². The van der Waals surface area contributed by atoms with E-state index in [4.69, 9.17) is 23.2 Å². The molecule has 0 saturated heterocycles. The first-order chi connectivity index (χ1) is 9.72. The number of imidazole rings is 1. The highest BCUT2D eigenvalue weighted by molar-refractivity contribution is 6.42. The van der Waals surface area contributed by atoms with Crippen molar-refractivity contribution in [1.82, 2.24) is 15.0 Å². The number of aromatic amines is 1. The van der Waals surface area contributed by atoms with Gasteiger partial charge in [0.25, 0.3) is 0 Å². The maximum Gasteiger partial charge on any atom is 0.110 e. The highest BCUT2D eigenvalue weighted by Gasteiger charge is 2.06. The maximum atomic E-state index is 6.03. The summed E-state index contributed by atoms with van der Waals surface area (Å²) in [5.74, 6) is 0.888. The molecule has 1 N–H and O–H groups in total. The van der Waals surface area contributed by atoms with Crippen molar-refractivity contribution in [2.24, 2.45) is 0 Å². The lowest BCUT2D eigenvalue weighted by atomic mass is 10.2. The van der Waals surface area contributed by atoms with Crippen molar-refractivity contribution < 1.29 is 0 Å². The lowest BCUT2D eigenvalue weighted by Crippen LogP contribution is -1.91. The van der Waals surface area contributed by atoms with Gasteiger partial charge in [-0.3, -0.25) is 4.98 Å². The van der Waals surface area contributed by atoms with Crippen LogP contribution >= 0.6 is 23.2 Å². The quantitative estimate of drug-likeness (QED) is 0.780. The summed E-state index contributed by atoms with van der Waals surface area (Å²) >= 11 is 11.9. The van der Waals surface area contributed by atoms with Crippen LogP contribution in [-0.2, 0) is 6.42 Å². The van der Waals surface area contributed by atoms with Crippen LogP contribution in [0.3, 0.4) is 0 Å². The molecule has 100 valence electrons. The molecule has 0 aliphatic carbocycles. The average Bonchev–Trinajstić information content (AvgIpc) is 2.91.